The summed E-state index contributed by atoms with van der Waals surface area (Å²) >= 11 is 0. The number of aryl methyl sites for hydroxylation is 2. The van der Waals surface area contributed by atoms with Gasteiger partial charge in [-0.15, -0.1) is 0 Å². The number of likely N-dealkylation sites (N-methyl/N-ethyl adjacent to an activating group) is 1. The fourth-order valence-corrected chi connectivity index (χ4v) is 3.45. The van der Waals surface area contributed by atoms with Gasteiger partial charge in [-0.2, -0.15) is 10.2 Å². The third kappa shape index (κ3) is 3.04. The van der Waals surface area contributed by atoms with E-state index in [1.165, 1.54) is 0 Å². The fourth-order valence-electron chi connectivity index (χ4n) is 3.45. The van der Waals surface area contributed by atoms with Crippen LogP contribution in [0, 0.1) is 0 Å². The molecule has 0 bridgehead atoms. The number of hydrogen-bond donors (Lipinski definition) is 1. The summed E-state index contributed by atoms with van der Waals surface area (Å²) in [6, 6.07) is 3.12. The molecule has 2 aromatic heterocycles. The van der Waals surface area contributed by atoms with Crippen molar-refractivity contribution < 1.29 is 9.59 Å². The molecule has 8 heteroatoms. The Balaban J connectivity index is 1.83. The zero-order valence-corrected chi connectivity index (χ0v) is 15.2. The van der Waals surface area contributed by atoms with Crippen LogP contribution in [-0.2, 0) is 18.9 Å². The van der Waals surface area contributed by atoms with E-state index < -0.39 is 0 Å². The first kappa shape index (κ1) is 17.2. The molecule has 8 nitrogen and oxygen atoms in total. The summed E-state index contributed by atoms with van der Waals surface area (Å²) in [6.45, 7) is 4.11. The van der Waals surface area contributed by atoms with Crippen LogP contribution in [-0.4, -0.2) is 49.4 Å². The van der Waals surface area contributed by atoms with Gasteiger partial charge in [0.05, 0.1) is 17.8 Å². The van der Waals surface area contributed by atoms with E-state index in [4.69, 9.17) is 0 Å². The van der Waals surface area contributed by atoms with Gasteiger partial charge < -0.3 is 10.2 Å². The lowest BCUT2D eigenvalue weighted by atomic mass is 10.1. The number of nitrogens with one attached hydrogen (secondary N) is 1. The van der Waals surface area contributed by atoms with Crippen molar-refractivity contribution in [3.05, 3.63) is 35.4 Å². The molecule has 25 heavy (non-hydrogen) atoms. The van der Waals surface area contributed by atoms with Gasteiger partial charge in [0.1, 0.15) is 5.69 Å². The largest absolute Gasteiger partial charge is 0.345 e. The second kappa shape index (κ2) is 6.34. The molecule has 0 radical (unpaired) electrons. The summed E-state index contributed by atoms with van der Waals surface area (Å²) in [5.74, 6) is 0.0172. The number of nitrogens with zero attached hydrogens (tertiary/aromatic N) is 5. The first-order valence-corrected chi connectivity index (χ1v) is 8.38. The lowest BCUT2D eigenvalue weighted by molar-refractivity contribution is -0.127. The molecule has 1 aliphatic rings. The maximum absolute atomic E-state index is 12.7. The zero-order chi connectivity index (χ0) is 18.3. The van der Waals surface area contributed by atoms with Gasteiger partial charge in [-0.3, -0.25) is 19.0 Å². The molecule has 0 aliphatic carbocycles. The van der Waals surface area contributed by atoms with Gasteiger partial charge in [0.25, 0.3) is 5.91 Å². The molecule has 0 aromatic carbocycles. The van der Waals surface area contributed by atoms with E-state index in [2.05, 4.69) is 29.4 Å². The van der Waals surface area contributed by atoms with Crippen LogP contribution in [0.5, 0.6) is 0 Å². The van der Waals surface area contributed by atoms with Crippen LogP contribution in [0.2, 0.25) is 0 Å². The molecular formula is C17H24N6O2. The monoisotopic (exact) mass is 344 g/mol. The van der Waals surface area contributed by atoms with Crippen LogP contribution in [0.3, 0.4) is 0 Å². The second-order valence-corrected chi connectivity index (χ2v) is 6.85. The lowest BCUT2D eigenvalue weighted by Crippen LogP contribution is -2.40. The topological polar surface area (TPSA) is 85.1 Å². The number of carbonyl (C=O) groups is 2. The number of likely N-dealkylation sites (tertiary alicyclic amines) is 1. The summed E-state index contributed by atoms with van der Waals surface area (Å²) in [4.78, 5) is 26.5. The maximum atomic E-state index is 12.7. The van der Waals surface area contributed by atoms with E-state index >= 15 is 0 Å². The molecule has 2 amide bonds. The van der Waals surface area contributed by atoms with E-state index in [9.17, 15) is 9.59 Å². The van der Waals surface area contributed by atoms with Crippen molar-refractivity contribution in [3.8, 4) is 0 Å². The van der Waals surface area contributed by atoms with Crippen molar-refractivity contribution >= 4 is 11.8 Å². The molecule has 0 saturated carbocycles. The highest BCUT2D eigenvalue weighted by atomic mass is 16.2. The fraction of sp³-hybridized carbons (Fsp3) is 0.529. The molecule has 2 atom stereocenters. The molecule has 2 aromatic rings. The van der Waals surface area contributed by atoms with Crippen molar-refractivity contribution in [2.75, 3.05) is 7.05 Å². The average molecular weight is 344 g/mol. The third-order valence-electron chi connectivity index (χ3n) is 4.80. The van der Waals surface area contributed by atoms with Gasteiger partial charge in [0.15, 0.2) is 0 Å². The average Bonchev–Trinajstić information content (AvgIpc) is 3.19. The molecule has 3 heterocycles. The SMILES string of the molecule is CC(C)c1cc(C(=O)N[C@@H]2CC(=O)N(C)[C@H]2c2ccnn2C)nn1C. The Kier molecular flexibility index (Phi) is 4.36. The summed E-state index contributed by atoms with van der Waals surface area (Å²) in [5, 5.41) is 11.5. The third-order valence-corrected chi connectivity index (χ3v) is 4.80. The molecule has 0 unspecified atom stereocenters. The molecule has 134 valence electrons. The van der Waals surface area contributed by atoms with Crippen LogP contribution < -0.4 is 5.32 Å². The maximum Gasteiger partial charge on any atom is 0.272 e. The molecule has 0 spiro atoms. The molecule has 1 fully saturated rings. The van der Waals surface area contributed by atoms with E-state index in [0.717, 1.165) is 11.4 Å². The lowest BCUT2D eigenvalue weighted by Gasteiger charge is -2.25. The van der Waals surface area contributed by atoms with Gasteiger partial charge in [-0.25, -0.2) is 0 Å². The summed E-state index contributed by atoms with van der Waals surface area (Å²) in [5.41, 5.74) is 2.26. The van der Waals surface area contributed by atoms with Crippen LogP contribution in [0.4, 0.5) is 0 Å². The minimum atomic E-state index is -0.315. The summed E-state index contributed by atoms with van der Waals surface area (Å²) in [7, 11) is 5.42. The van der Waals surface area contributed by atoms with Crippen LogP contribution in [0.25, 0.3) is 0 Å². The van der Waals surface area contributed by atoms with Crippen molar-refractivity contribution in [1.29, 1.82) is 0 Å². The second-order valence-electron chi connectivity index (χ2n) is 6.85. The van der Waals surface area contributed by atoms with E-state index in [-0.39, 0.29) is 36.2 Å². The smallest absolute Gasteiger partial charge is 0.272 e. The van der Waals surface area contributed by atoms with E-state index in [1.54, 1.807) is 33.6 Å². The minimum absolute atomic E-state index is 0.000361. The van der Waals surface area contributed by atoms with Gasteiger partial charge in [-0.1, -0.05) is 13.8 Å². The van der Waals surface area contributed by atoms with Crippen molar-refractivity contribution in [2.45, 2.75) is 38.3 Å². The highest BCUT2D eigenvalue weighted by molar-refractivity contribution is 5.93. The van der Waals surface area contributed by atoms with Crippen LogP contribution in [0.15, 0.2) is 18.3 Å². The minimum Gasteiger partial charge on any atom is -0.345 e. The molecule has 1 N–H and O–H groups in total. The normalized spacial score (nSPS) is 20.6. The number of carbonyl (C=O) groups excluding carboxylic acids is 2. The number of aromatic nitrogens is 4. The van der Waals surface area contributed by atoms with E-state index in [0.29, 0.717) is 5.69 Å². The number of amides is 2. The Morgan fingerprint density at radius 3 is 2.56 bits per heavy atom. The summed E-state index contributed by atoms with van der Waals surface area (Å²) < 4.78 is 3.46. The number of hydrogen-bond acceptors (Lipinski definition) is 4. The number of rotatable bonds is 4. The molecule has 3 rings (SSSR count). The predicted octanol–water partition coefficient (Wildman–Crippen LogP) is 0.979. The molecule has 1 saturated heterocycles. The van der Waals surface area contributed by atoms with Crippen LogP contribution >= 0.6 is 0 Å². The quantitative estimate of drug-likeness (QED) is 0.896. The Hall–Kier alpha value is -2.64. The van der Waals surface area contributed by atoms with Gasteiger partial charge in [0, 0.05) is 39.5 Å². The van der Waals surface area contributed by atoms with Crippen molar-refractivity contribution in [2.24, 2.45) is 14.1 Å². The Labute approximate surface area is 146 Å². The predicted molar refractivity (Wildman–Crippen MR) is 91.9 cm³/mol. The summed E-state index contributed by atoms with van der Waals surface area (Å²) in [6.07, 6.45) is 1.96. The first-order valence-electron chi connectivity index (χ1n) is 8.38. The Morgan fingerprint density at radius 2 is 2.00 bits per heavy atom. The standard InChI is InChI=1S/C17H24N6O2/c1-10(2)14-8-12(20-23(14)5)17(25)19-11-9-15(24)21(3)16(11)13-6-7-18-22(13)4/h6-8,10-11,16H,9H2,1-5H3,(H,19,25)/t11-,16-/m1/s1. The molecular weight excluding hydrogens is 320 g/mol. The highest BCUT2D eigenvalue weighted by Gasteiger charge is 2.41. The van der Waals surface area contributed by atoms with E-state index in [1.807, 2.05) is 20.2 Å². The van der Waals surface area contributed by atoms with Gasteiger partial charge in [-0.05, 0) is 18.1 Å². The highest BCUT2D eigenvalue weighted by Crippen LogP contribution is 2.31. The zero-order valence-electron chi connectivity index (χ0n) is 15.2. The Morgan fingerprint density at radius 1 is 1.28 bits per heavy atom. The van der Waals surface area contributed by atoms with Crippen molar-refractivity contribution in [3.63, 3.8) is 0 Å². The van der Waals surface area contributed by atoms with Crippen LogP contribution in [0.1, 0.15) is 54.1 Å². The van der Waals surface area contributed by atoms with Gasteiger partial charge in [0.2, 0.25) is 5.91 Å². The Bertz CT molecular complexity index is 806. The molecule has 1 aliphatic heterocycles. The first-order chi connectivity index (χ1) is 11.8. The van der Waals surface area contributed by atoms with Gasteiger partial charge >= 0.3 is 0 Å². The van der Waals surface area contributed by atoms with Crippen molar-refractivity contribution in [1.82, 2.24) is 29.8 Å².